The monoisotopic (exact) mass is 182 g/mol. The van der Waals surface area contributed by atoms with Crippen LogP contribution in [0.4, 0.5) is 0 Å². The fourth-order valence-electron chi connectivity index (χ4n) is 1.12. The normalized spacial score (nSPS) is 10.0. The smallest absolute Gasteiger partial charge is 0.274 e. The van der Waals surface area contributed by atoms with Crippen molar-refractivity contribution in [1.82, 2.24) is 14.8 Å². The molecule has 0 aliphatic rings. The summed E-state index contributed by atoms with van der Waals surface area (Å²) in [5, 5.41) is 3.83. The zero-order valence-corrected chi connectivity index (χ0v) is 7.90. The summed E-state index contributed by atoms with van der Waals surface area (Å²) in [4.78, 5) is 14.4. The first-order valence-corrected chi connectivity index (χ1v) is 4.29. The van der Waals surface area contributed by atoms with E-state index in [2.05, 4.69) is 5.10 Å². The van der Waals surface area contributed by atoms with Crippen molar-refractivity contribution < 1.29 is 4.79 Å². The molecule has 0 fully saturated rings. The number of carbonyl (C=O) groups excluding carboxylic acids is 1. The largest absolute Gasteiger partial charge is 0.338 e. The molecule has 72 valence electrons. The molecule has 0 bridgehead atoms. The SMILES string of the molecule is CCN(CC)C(=O)c1ccn(N)n1. The molecule has 1 aromatic heterocycles. The van der Waals surface area contributed by atoms with Gasteiger partial charge >= 0.3 is 0 Å². The minimum absolute atomic E-state index is 0.0748. The Labute approximate surface area is 77.1 Å². The van der Waals surface area contributed by atoms with Gasteiger partial charge in [-0.3, -0.25) is 4.79 Å². The van der Waals surface area contributed by atoms with Crippen LogP contribution >= 0.6 is 0 Å². The third-order valence-electron chi connectivity index (χ3n) is 1.88. The minimum Gasteiger partial charge on any atom is -0.338 e. The molecule has 1 amide bonds. The van der Waals surface area contributed by atoms with Gasteiger partial charge in [0.05, 0.1) is 0 Å². The van der Waals surface area contributed by atoms with Gasteiger partial charge in [0.2, 0.25) is 0 Å². The summed E-state index contributed by atoms with van der Waals surface area (Å²) in [7, 11) is 0. The average molecular weight is 182 g/mol. The second-order valence-corrected chi connectivity index (χ2v) is 2.66. The first kappa shape index (κ1) is 9.57. The minimum atomic E-state index is -0.0748. The molecule has 0 aliphatic carbocycles. The van der Waals surface area contributed by atoms with Gasteiger partial charge in [0.15, 0.2) is 5.69 Å². The van der Waals surface area contributed by atoms with Crippen molar-refractivity contribution in [2.24, 2.45) is 0 Å². The van der Waals surface area contributed by atoms with Crippen LogP contribution in [0.3, 0.4) is 0 Å². The summed E-state index contributed by atoms with van der Waals surface area (Å²) in [6.07, 6.45) is 1.55. The first-order valence-electron chi connectivity index (χ1n) is 4.29. The Bertz CT molecular complexity index is 290. The second kappa shape index (κ2) is 3.93. The van der Waals surface area contributed by atoms with Gasteiger partial charge in [0.25, 0.3) is 5.91 Å². The summed E-state index contributed by atoms with van der Waals surface area (Å²) in [6, 6.07) is 1.61. The van der Waals surface area contributed by atoms with Gasteiger partial charge in [-0.15, -0.1) is 5.10 Å². The lowest BCUT2D eigenvalue weighted by atomic mass is 10.3. The Morgan fingerprint density at radius 3 is 2.62 bits per heavy atom. The molecule has 5 heteroatoms. The molecule has 0 saturated heterocycles. The molecule has 2 N–H and O–H groups in total. The van der Waals surface area contributed by atoms with Gasteiger partial charge in [-0.25, -0.2) is 0 Å². The van der Waals surface area contributed by atoms with Crippen molar-refractivity contribution in [2.75, 3.05) is 18.9 Å². The third-order valence-corrected chi connectivity index (χ3v) is 1.88. The lowest BCUT2D eigenvalue weighted by Crippen LogP contribution is -2.31. The number of nitrogens with two attached hydrogens (primary N) is 1. The summed E-state index contributed by atoms with van der Waals surface area (Å²) >= 11 is 0. The Balaban J connectivity index is 2.78. The molecule has 0 spiro atoms. The van der Waals surface area contributed by atoms with Gasteiger partial charge in [-0.05, 0) is 19.9 Å². The number of nitrogens with zero attached hydrogens (tertiary/aromatic N) is 3. The summed E-state index contributed by atoms with van der Waals surface area (Å²) < 4.78 is 0. The molecule has 0 atom stereocenters. The molecule has 1 heterocycles. The number of aromatic nitrogens is 2. The molecule has 0 radical (unpaired) electrons. The maximum Gasteiger partial charge on any atom is 0.274 e. The van der Waals surface area contributed by atoms with Crippen molar-refractivity contribution in [2.45, 2.75) is 13.8 Å². The number of hydrogen-bond acceptors (Lipinski definition) is 3. The molecular weight excluding hydrogens is 168 g/mol. The molecule has 0 saturated carbocycles. The van der Waals surface area contributed by atoms with Crippen molar-refractivity contribution in [3.8, 4) is 0 Å². The Morgan fingerprint density at radius 1 is 1.62 bits per heavy atom. The second-order valence-electron chi connectivity index (χ2n) is 2.66. The van der Waals surface area contributed by atoms with Crippen molar-refractivity contribution >= 4 is 5.91 Å². The molecule has 0 unspecified atom stereocenters. The Morgan fingerprint density at radius 2 is 2.23 bits per heavy atom. The lowest BCUT2D eigenvalue weighted by molar-refractivity contribution is 0.0766. The predicted molar refractivity (Wildman–Crippen MR) is 49.6 cm³/mol. The summed E-state index contributed by atoms with van der Waals surface area (Å²) in [5.41, 5.74) is 0.395. The maximum absolute atomic E-state index is 11.6. The number of nitrogen functional groups attached to an aromatic ring is 1. The highest BCUT2D eigenvalue weighted by atomic mass is 16.2. The van der Waals surface area contributed by atoms with E-state index >= 15 is 0 Å². The number of hydrogen-bond donors (Lipinski definition) is 1. The zero-order chi connectivity index (χ0) is 9.84. The fourth-order valence-corrected chi connectivity index (χ4v) is 1.12. The molecule has 1 aromatic rings. The fraction of sp³-hybridized carbons (Fsp3) is 0.500. The van der Waals surface area contributed by atoms with Crippen LogP contribution in [-0.2, 0) is 0 Å². The van der Waals surface area contributed by atoms with Crippen molar-refractivity contribution in [3.63, 3.8) is 0 Å². The number of amides is 1. The van der Waals surface area contributed by atoms with Crippen LogP contribution in [-0.4, -0.2) is 33.8 Å². The third kappa shape index (κ3) is 1.99. The van der Waals surface area contributed by atoms with E-state index < -0.39 is 0 Å². The first-order chi connectivity index (χ1) is 6.19. The predicted octanol–water partition coefficient (Wildman–Crippen LogP) is 0.0789. The highest BCUT2D eigenvalue weighted by Gasteiger charge is 2.14. The van der Waals surface area contributed by atoms with Gasteiger partial charge in [0, 0.05) is 19.3 Å². The molecule has 5 nitrogen and oxygen atoms in total. The van der Waals surface area contributed by atoms with Crippen LogP contribution in [0, 0.1) is 0 Å². The van der Waals surface area contributed by atoms with Crippen LogP contribution in [0.2, 0.25) is 0 Å². The van der Waals surface area contributed by atoms with E-state index in [-0.39, 0.29) is 5.91 Å². The van der Waals surface area contributed by atoms with Crippen LogP contribution in [0.1, 0.15) is 24.3 Å². The Kier molecular flexibility index (Phi) is 2.89. The lowest BCUT2D eigenvalue weighted by Gasteiger charge is -2.16. The molecule has 0 aliphatic heterocycles. The molecule has 13 heavy (non-hydrogen) atoms. The molecular formula is C8H14N4O. The van der Waals surface area contributed by atoms with Gasteiger partial charge in [-0.2, -0.15) is 4.79 Å². The highest BCUT2D eigenvalue weighted by Crippen LogP contribution is 2.00. The van der Waals surface area contributed by atoms with Crippen molar-refractivity contribution in [1.29, 1.82) is 0 Å². The quantitative estimate of drug-likeness (QED) is 0.673. The van der Waals surface area contributed by atoms with E-state index in [4.69, 9.17) is 5.84 Å². The van der Waals surface area contributed by atoms with E-state index in [1.54, 1.807) is 17.2 Å². The highest BCUT2D eigenvalue weighted by molar-refractivity contribution is 5.92. The van der Waals surface area contributed by atoms with Crippen LogP contribution in [0.5, 0.6) is 0 Å². The average Bonchev–Trinajstić information content (AvgIpc) is 2.54. The number of rotatable bonds is 3. The van der Waals surface area contributed by atoms with E-state index in [9.17, 15) is 4.79 Å². The number of carbonyl (C=O) groups is 1. The zero-order valence-electron chi connectivity index (χ0n) is 7.90. The van der Waals surface area contributed by atoms with E-state index in [1.807, 2.05) is 13.8 Å². The Hall–Kier alpha value is -1.52. The van der Waals surface area contributed by atoms with Crippen molar-refractivity contribution in [3.05, 3.63) is 18.0 Å². The van der Waals surface area contributed by atoms with Gasteiger partial charge in [-0.1, -0.05) is 0 Å². The van der Waals surface area contributed by atoms with Crippen LogP contribution in [0.25, 0.3) is 0 Å². The standard InChI is InChI=1S/C8H14N4O/c1-3-11(4-2)8(13)7-5-6-12(9)10-7/h5-6H,3-4,9H2,1-2H3. The van der Waals surface area contributed by atoms with Crippen LogP contribution < -0.4 is 5.84 Å². The summed E-state index contributed by atoms with van der Waals surface area (Å²) in [6.45, 7) is 5.24. The van der Waals surface area contributed by atoms with Gasteiger partial charge in [0.1, 0.15) is 0 Å². The summed E-state index contributed by atoms with van der Waals surface area (Å²) in [5.74, 6) is 5.26. The van der Waals surface area contributed by atoms with E-state index in [1.165, 1.54) is 0 Å². The molecule has 1 rings (SSSR count). The van der Waals surface area contributed by atoms with E-state index in [0.29, 0.717) is 18.8 Å². The molecule has 0 aromatic carbocycles. The van der Waals surface area contributed by atoms with Crippen LogP contribution in [0.15, 0.2) is 12.3 Å². The topological polar surface area (TPSA) is 64.2 Å². The van der Waals surface area contributed by atoms with Gasteiger partial charge < -0.3 is 10.7 Å². The van der Waals surface area contributed by atoms with E-state index in [0.717, 1.165) is 4.79 Å². The maximum atomic E-state index is 11.6.